The first-order valence-electron chi connectivity index (χ1n) is 8.83. The van der Waals surface area contributed by atoms with Crippen molar-refractivity contribution >= 4 is 26.7 Å². The van der Waals surface area contributed by atoms with Gasteiger partial charge in [-0.05, 0) is 18.2 Å². The topological polar surface area (TPSA) is 92.0 Å². The van der Waals surface area contributed by atoms with E-state index >= 15 is 0 Å². The molecular weight excluding hydrogens is 394 g/mol. The van der Waals surface area contributed by atoms with Gasteiger partial charge in [0.25, 0.3) is 0 Å². The van der Waals surface area contributed by atoms with Gasteiger partial charge in [-0.15, -0.1) is 0 Å². The fourth-order valence-electron chi connectivity index (χ4n) is 2.98. The van der Waals surface area contributed by atoms with E-state index in [4.69, 9.17) is 13.7 Å². The molecule has 9 heteroatoms. The Morgan fingerprint density at radius 2 is 1.97 bits per heavy atom. The Morgan fingerprint density at radius 3 is 2.76 bits per heavy atom. The van der Waals surface area contributed by atoms with Crippen molar-refractivity contribution in [3.63, 3.8) is 0 Å². The van der Waals surface area contributed by atoms with Crippen LogP contribution in [0.15, 0.2) is 54.9 Å². The summed E-state index contributed by atoms with van der Waals surface area (Å²) in [6.07, 6.45) is 4.57. The van der Waals surface area contributed by atoms with Crippen molar-refractivity contribution in [2.24, 2.45) is 0 Å². The molecule has 0 unspecified atom stereocenters. The van der Waals surface area contributed by atoms with Gasteiger partial charge in [0.2, 0.25) is 0 Å². The lowest BCUT2D eigenvalue weighted by Gasteiger charge is -2.09. The Bertz CT molecular complexity index is 1280. The van der Waals surface area contributed by atoms with Crippen molar-refractivity contribution in [3.05, 3.63) is 54.9 Å². The predicted octanol–water partition coefficient (Wildman–Crippen LogP) is 2.91. The number of ether oxygens (including phenoxy) is 2. The van der Waals surface area contributed by atoms with Gasteiger partial charge >= 0.3 is 10.1 Å². The largest absolute Gasteiger partial charge is 0.491 e. The summed E-state index contributed by atoms with van der Waals surface area (Å²) in [5.41, 5.74) is 2.57. The maximum absolute atomic E-state index is 11.6. The molecular formula is C20H19N3O5S. The smallest absolute Gasteiger partial charge is 0.306 e. The molecule has 0 fully saturated rings. The van der Waals surface area contributed by atoms with Gasteiger partial charge in [-0.1, -0.05) is 18.2 Å². The lowest BCUT2D eigenvalue weighted by Crippen LogP contribution is -2.06. The summed E-state index contributed by atoms with van der Waals surface area (Å²) >= 11 is 0. The molecule has 0 radical (unpaired) electrons. The van der Waals surface area contributed by atoms with Crippen LogP contribution in [-0.2, 0) is 14.9 Å². The van der Waals surface area contributed by atoms with E-state index in [2.05, 4.69) is 9.97 Å². The van der Waals surface area contributed by atoms with Crippen molar-refractivity contribution in [3.8, 4) is 22.9 Å². The molecule has 0 saturated carbocycles. The van der Waals surface area contributed by atoms with Crippen LogP contribution in [-0.4, -0.2) is 49.4 Å². The van der Waals surface area contributed by atoms with E-state index in [-0.39, 0.29) is 5.75 Å². The van der Waals surface area contributed by atoms with Gasteiger partial charge in [0, 0.05) is 24.8 Å². The molecule has 0 bridgehead atoms. The summed E-state index contributed by atoms with van der Waals surface area (Å²) in [5.74, 6) is 0.886. The van der Waals surface area contributed by atoms with Crippen LogP contribution in [0.4, 0.5) is 0 Å². The quantitative estimate of drug-likeness (QED) is 0.340. The molecule has 0 aliphatic carbocycles. The third-order valence-electron chi connectivity index (χ3n) is 4.23. The van der Waals surface area contributed by atoms with Gasteiger partial charge in [0.1, 0.15) is 23.5 Å². The Balaban J connectivity index is 1.74. The molecule has 0 atom stereocenters. The summed E-state index contributed by atoms with van der Waals surface area (Å²) in [6.45, 7) is 0.958. The second-order valence-electron chi connectivity index (χ2n) is 6.39. The highest BCUT2D eigenvalue weighted by Crippen LogP contribution is 2.29. The summed E-state index contributed by atoms with van der Waals surface area (Å²) < 4.78 is 40.7. The summed E-state index contributed by atoms with van der Waals surface area (Å²) in [5, 5.41) is 0.776. The number of hydrogen-bond acceptors (Lipinski definition) is 7. The average molecular weight is 413 g/mol. The molecule has 0 saturated heterocycles. The fourth-order valence-corrected chi connectivity index (χ4v) is 3.44. The highest BCUT2D eigenvalue weighted by molar-refractivity contribution is 7.86. The number of fused-ring (bicyclic) bond motifs is 2. The van der Waals surface area contributed by atoms with Crippen molar-refractivity contribution in [1.29, 1.82) is 0 Å². The molecule has 0 aliphatic heterocycles. The third-order valence-corrected chi connectivity index (χ3v) is 4.71. The van der Waals surface area contributed by atoms with Crippen LogP contribution in [0, 0.1) is 0 Å². The van der Waals surface area contributed by atoms with Crippen LogP contribution in [0.5, 0.6) is 11.5 Å². The van der Waals surface area contributed by atoms with E-state index in [1.165, 1.54) is 0 Å². The zero-order valence-corrected chi connectivity index (χ0v) is 16.7. The highest BCUT2D eigenvalue weighted by atomic mass is 32.2. The normalized spacial score (nSPS) is 11.8. The van der Waals surface area contributed by atoms with E-state index in [1.807, 2.05) is 40.9 Å². The van der Waals surface area contributed by atoms with Crippen molar-refractivity contribution < 1.29 is 22.1 Å². The second-order valence-corrected chi connectivity index (χ2v) is 7.96. The lowest BCUT2D eigenvalue weighted by atomic mass is 10.1. The van der Waals surface area contributed by atoms with Crippen molar-refractivity contribution in [2.45, 2.75) is 0 Å². The number of aromatic nitrogens is 3. The lowest BCUT2D eigenvalue weighted by molar-refractivity contribution is 0.146. The Kier molecular flexibility index (Phi) is 5.08. The maximum atomic E-state index is 11.6. The number of para-hydroxylation sites is 1. The van der Waals surface area contributed by atoms with E-state index in [1.54, 1.807) is 25.4 Å². The van der Waals surface area contributed by atoms with Crippen LogP contribution in [0.1, 0.15) is 0 Å². The summed E-state index contributed by atoms with van der Waals surface area (Å²) in [4.78, 5) is 9.07. The SMILES string of the molecule is COCCOc1ccn2c(-c3ccc4cccc(OS(C)(=O)=O)c4n3)cnc2c1. The number of pyridine rings is 2. The second kappa shape index (κ2) is 7.69. The fraction of sp³-hybridized carbons (Fsp3) is 0.200. The first-order valence-corrected chi connectivity index (χ1v) is 10.6. The number of nitrogens with zero attached hydrogens (tertiary/aromatic N) is 3. The van der Waals surface area contributed by atoms with Gasteiger partial charge in [0.05, 0.1) is 30.4 Å². The highest BCUT2D eigenvalue weighted by Gasteiger charge is 2.13. The van der Waals surface area contributed by atoms with Crippen molar-refractivity contribution in [1.82, 2.24) is 14.4 Å². The first-order chi connectivity index (χ1) is 13.9. The minimum Gasteiger partial charge on any atom is -0.491 e. The van der Waals surface area contributed by atoms with E-state index < -0.39 is 10.1 Å². The molecule has 0 aliphatic rings. The molecule has 0 amide bonds. The number of benzene rings is 1. The van der Waals surface area contributed by atoms with Gasteiger partial charge in [0.15, 0.2) is 5.75 Å². The molecule has 29 heavy (non-hydrogen) atoms. The standard InChI is InChI=1S/C20H19N3O5S/c1-26-10-11-27-15-8-9-23-17(13-21-19(23)12-15)16-7-6-14-4-3-5-18(20(14)22-16)28-29(2,24)25/h3-9,12-13H,10-11H2,1-2H3. The molecule has 150 valence electrons. The summed E-state index contributed by atoms with van der Waals surface area (Å²) in [7, 11) is -2.04. The summed E-state index contributed by atoms with van der Waals surface area (Å²) in [6, 6.07) is 12.6. The minimum atomic E-state index is -3.66. The average Bonchev–Trinajstić information content (AvgIpc) is 3.10. The zero-order valence-electron chi connectivity index (χ0n) is 15.9. The first kappa shape index (κ1) is 19.2. The Morgan fingerprint density at radius 1 is 1.10 bits per heavy atom. The minimum absolute atomic E-state index is 0.189. The number of methoxy groups -OCH3 is 1. The number of imidazole rings is 1. The third kappa shape index (κ3) is 4.15. The van der Waals surface area contributed by atoms with E-state index in [0.29, 0.717) is 35.8 Å². The molecule has 0 spiro atoms. The van der Waals surface area contributed by atoms with Crippen LogP contribution in [0.3, 0.4) is 0 Å². The molecule has 4 aromatic rings. The Hall–Kier alpha value is -3.17. The Labute approximate surface area is 167 Å². The van der Waals surface area contributed by atoms with E-state index in [9.17, 15) is 8.42 Å². The molecule has 1 aromatic carbocycles. The van der Waals surface area contributed by atoms with Crippen molar-refractivity contribution in [2.75, 3.05) is 26.6 Å². The monoisotopic (exact) mass is 413 g/mol. The van der Waals surface area contributed by atoms with Crippen LogP contribution < -0.4 is 8.92 Å². The number of hydrogen-bond donors (Lipinski definition) is 0. The van der Waals surface area contributed by atoms with Gasteiger partial charge in [-0.25, -0.2) is 9.97 Å². The molecule has 4 rings (SSSR count). The van der Waals surface area contributed by atoms with Gasteiger partial charge in [-0.2, -0.15) is 8.42 Å². The molecule has 0 N–H and O–H groups in total. The van der Waals surface area contributed by atoms with Crippen LogP contribution >= 0.6 is 0 Å². The zero-order chi connectivity index (χ0) is 20.4. The molecule has 3 heterocycles. The molecule has 3 aromatic heterocycles. The van der Waals surface area contributed by atoms with Crippen LogP contribution in [0.2, 0.25) is 0 Å². The van der Waals surface area contributed by atoms with Gasteiger partial charge < -0.3 is 13.7 Å². The predicted molar refractivity (Wildman–Crippen MR) is 109 cm³/mol. The van der Waals surface area contributed by atoms with Gasteiger partial charge in [-0.3, -0.25) is 4.40 Å². The van der Waals surface area contributed by atoms with E-state index in [0.717, 1.165) is 17.3 Å². The molecule has 8 nitrogen and oxygen atoms in total. The maximum Gasteiger partial charge on any atom is 0.306 e. The number of rotatable bonds is 7. The van der Waals surface area contributed by atoms with Crippen LogP contribution in [0.25, 0.3) is 27.9 Å².